The van der Waals surface area contributed by atoms with Crippen LogP contribution in [-0.2, 0) is 9.53 Å². The molecule has 1 amide bonds. The molecule has 0 unspecified atom stereocenters. The number of aryl methyl sites for hydroxylation is 1. The number of carbonyl (C=O) groups excluding carboxylic acids is 2. The van der Waals surface area contributed by atoms with E-state index in [2.05, 4.69) is 15.8 Å². The van der Waals surface area contributed by atoms with Crippen molar-refractivity contribution in [1.29, 1.82) is 0 Å². The summed E-state index contributed by atoms with van der Waals surface area (Å²) in [6.45, 7) is 2.52. The molecule has 1 aromatic carbocycles. The Morgan fingerprint density at radius 2 is 1.96 bits per heavy atom. The molecule has 0 aliphatic rings. The van der Waals surface area contributed by atoms with E-state index >= 15 is 0 Å². The van der Waals surface area contributed by atoms with E-state index in [4.69, 9.17) is 0 Å². The molecule has 1 heterocycles. The molecule has 0 saturated heterocycles. The fraction of sp³-hybridized carbons (Fsp3) is 0.316. The van der Waals surface area contributed by atoms with Crippen molar-refractivity contribution < 1.29 is 14.3 Å². The number of rotatable bonds is 6. The van der Waals surface area contributed by atoms with Gasteiger partial charge in [-0.05, 0) is 25.0 Å². The largest absolute Gasteiger partial charge is 0.469 e. The standard InChI is InChI=1S/C19H22N2O3/c1-14-6-4-7-15(10-14)16-11-17(13-20-12-16)19(23)21(2)9-5-8-18(22)24-3/h4,6-7,10-13H,5,8-9H2,1-3H3. The molecule has 0 atom stereocenters. The summed E-state index contributed by atoms with van der Waals surface area (Å²) < 4.78 is 4.60. The minimum absolute atomic E-state index is 0.109. The normalized spacial score (nSPS) is 10.3. The Morgan fingerprint density at radius 1 is 1.17 bits per heavy atom. The highest BCUT2D eigenvalue weighted by Gasteiger charge is 2.13. The van der Waals surface area contributed by atoms with Crippen LogP contribution in [0.15, 0.2) is 42.7 Å². The predicted molar refractivity (Wildman–Crippen MR) is 92.6 cm³/mol. The average molecular weight is 326 g/mol. The first-order valence-electron chi connectivity index (χ1n) is 7.85. The second-order valence-corrected chi connectivity index (χ2v) is 5.74. The average Bonchev–Trinajstić information content (AvgIpc) is 2.60. The van der Waals surface area contributed by atoms with Crippen molar-refractivity contribution in [2.75, 3.05) is 20.7 Å². The minimum Gasteiger partial charge on any atom is -0.469 e. The Balaban J connectivity index is 2.07. The highest BCUT2D eigenvalue weighted by Crippen LogP contribution is 2.21. The van der Waals surface area contributed by atoms with Gasteiger partial charge in [0.15, 0.2) is 0 Å². The quantitative estimate of drug-likeness (QED) is 0.766. The van der Waals surface area contributed by atoms with Crippen molar-refractivity contribution in [2.24, 2.45) is 0 Å². The number of hydrogen-bond acceptors (Lipinski definition) is 4. The van der Waals surface area contributed by atoms with E-state index in [0.29, 0.717) is 24.9 Å². The Hall–Kier alpha value is -2.69. The van der Waals surface area contributed by atoms with Crippen LogP contribution in [0, 0.1) is 6.92 Å². The summed E-state index contributed by atoms with van der Waals surface area (Å²) in [6, 6.07) is 9.92. The maximum absolute atomic E-state index is 12.5. The number of carbonyl (C=O) groups is 2. The fourth-order valence-corrected chi connectivity index (χ4v) is 2.42. The molecule has 2 rings (SSSR count). The Bertz CT molecular complexity index is 728. The molecule has 0 aliphatic carbocycles. The summed E-state index contributed by atoms with van der Waals surface area (Å²) in [6.07, 6.45) is 4.19. The van der Waals surface area contributed by atoms with Gasteiger partial charge >= 0.3 is 5.97 Å². The van der Waals surface area contributed by atoms with E-state index in [1.165, 1.54) is 7.11 Å². The van der Waals surface area contributed by atoms with Crippen molar-refractivity contribution in [3.05, 3.63) is 53.9 Å². The summed E-state index contributed by atoms with van der Waals surface area (Å²) in [5.41, 5.74) is 3.64. The Morgan fingerprint density at radius 3 is 2.67 bits per heavy atom. The number of methoxy groups -OCH3 is 1. The van der Waals surface area contributed by atoms with Gasteiger partial charge in [0.05, 0.1) is 12.7 Å². The predicted octanol–water partition coefficient (Wildman–Crippen LogP) is 3.08. The van der Waals surface area contributed by atoms with Crippen LogP contribution in [0.1, 0.15) is 28.8 Å². The zero-order valence-corrected chi connectivity index (χ0v) is 14.3. The summed E-state index contributed by atoms with van der Waals surface area (Å²) >= 11 is 0. The van der Waals surface area contributed by atoms with Crippen LogP contribution in [0.5, 0.6) is 0 Å². The van der Waals surface area contributed by atoms with Crippen LogP contribution in [0.25, 0.3) is 11.1 Å². The third-order valence-corrected chi connectivity index (χ3v) is 3.79. The summed E-state index contributed by atoms with van der Waals surface area (Å²) in [5.74, 6) is -0.374. The lowest BCUT2D eigenvalue weighted by Gasteiger charge is -2.17. The van der Waals surface area contributed by atoms with E-state index in [0.717, 1.165) is 16.7 Å². The first-order chi connectivity index (χ1) is 11.5. The summed E-state index contributed by atoms with van der Waals surface area (Å²) in [5, 5.41) is 0. The second kappa shape index (κ2) is 8.24. The van der Waals surface area contributed by atoms with Gasteiger partial charge in [-0.3, -0.25) is 14.6 Å². The molecule has 5 nitrogen and oxygen atoms in total. The number of pyridine rings is 1. The van der Waals surface area contributed by atoms with Crippen molar-refractivity contribution in [1.82, 2.24) is 9.88 Å². The molecule has 0 fully saturated rings. The van der Waals surface area contributed by atoms with Crippen LogP contribution in [-0.4, -0.2) is 42.5 Å². The minimum atomic E-state index is -0.265. The molecule has 0 radical (unpaired) electrons. The van der Waals surface area contributed by atoms with Crippen LogP contribution in [0.2, 0.25) is 0 Å². The number of nitrogens with zero attached hydrogens (tertiary/aromatic N) is 2. The van der Waals surface area contributed by atoms with Crippen molar-refractivity contribution in [2.45, 2.75) is 19.8 Å². The smallest absolute Gasteiger partial charge is 0.305 e. The topological polar surface area (TPSA) is 59.5 Å². The first-order valence-corrected chi connectivity index (χ1v) is 7.85. The number of hydrogen-bond donors (Lipinski definition) is 0. The van der Waals surface area contributed by atoms with Gasteiger partial charge in [0, 0.05) is 38.0 Å². The third-order valence-electron chi connectivity index (χ3n) is 3.79. The molecule has 1 aromatic heterocycles. The molecule has 0 bridgehead atoms. The molecule has 5 heteroatoms. The van der Waals surface area contributed by atoms with Crippen LogP contribution in [0.4, 0.5) is 0 Å². The number of ether oxygens (including phenoxy) is 1. The van der Waals surface area contributed by atoms with Crippen molar-refractivity contribution in [3.8, 4) is 11.1 Å². The summed E-state index contributed by atoms with van der Waals surface area (Å²) in [7, 11) is 3.08. The molecule has 24 heavy (non-hydrogen) atoms. The highest BCUT2D eigenvalue weighted by atomic mass is 16.5. The highest BCUT2D eigenvalue weighted by molar-refractivity contribution is 5.95. The molecular weight excluding hydrogens is 304 g/mol. The SMILES string of the molecule is COC(=O)CCCN(C)C(=O)c1cncc(-c2cccc(C)c2)c1. The van der Waals surface area contributed by atoms with Crippen LogP contribution >= 0.6 is 0 Å². The molecular formula is C19H22N2O3. The van der Waals surface area contributed by atoms with Crippen LogP contribution in [0.3, 0.4) is 0 Å². The van der Waals surface area contributed by atoms with Gasteiger partial charge in [0.25, 0.3) is 5.91 Å². The molecule has 126 valence electrons. The van der Waals surface area contributed by atoms with E-state index < -0.39 is 0 Å². The van der Waals surface area contributed by atoms with Gasteiger partial charge in [-0.25, -0.2) is 0 Å². The molecule has 0 aliphatic heterocycles. The fourth-order valence-electron chi connectivity index (χ4n) is 2.42. The Kier molecular flexibility index (Phi) is 6.07. The van der Waals surface area contributed by atoms with Crippen molar-refractivity contribution >= 4 is 11.9 Å². The van der Waals surface area contributed by atoms with Gasteiger partial charge in [0.1, 0.15) is 0 Å². The maximum atomic E-state index is 12.5. The van der Waals surface area contributed by atoms with Gasteiger partial charge in [0.2, 0.25) is 0 Å². The van der Waals surface area contributed by atoms with Gasteiger partial charge < -0.3 is 9.64 Å². The maximum Gasteiger partial charge on any atom is 0.305 e. The lowest BCUT2D eigenvalue weighted by atomic mass is 10.0. The lowest BCUT2D eigenvalue weighted by molar-refractivity contribution is -0.140. The Labute approximate surface area is 142 Å². The van der Waals surface area contributed by atoms with E-state index in [9.17, 15) is 9.59 Å². The number of amides is 1. The number of benzene rings is 1. The van der Waals surface area contributed by atoms with Gasteiger partial charge in [-0.2, -0.15) is 0 Å². The first kappa shape index (κ1) is 17.7. The monoisotopic (exact) mass is 326 g/mol. The van der Waals surface area contributed by atoms with Crippen molar-refractivity contribution in [3.63, 3.8) is 0 Å². The third kappa shape index (κ3) is 4.65. The zero-order chi connectivity index (χ0) is 17.5. The number of aromatic nitrogens is 1. The van der Waals surface area contributed by atoms with E-state index in [1.807, 2.05) is 31.2 Å². The lowest BCUT2D eigenvalue weighted by Crippen LogP contribution is -2.28. The van der Waals surface area contributed by atoms with E-state index in [-0.39, 0.29) is 11.9 Å². The van der Waals surface area contributed by atoms with Gasteiger partial charge in [-0.15, -0.1) is 0 Å². The van der Waals surface area contributed by atoms with Crippen LogP contribution < -0.4 is 0 Å². The summed E-state index contributed by atoms with van der Waals surface area (Å²) in [4.78, 5) is 29.4. The van der Waals surface area contributed by atoms with Gasteiger partial charge in [-0.1, -0.05) is 29.8 Å². The van der Waals surface area contributed by atoms with E-state index in [1.54, 1.807) is 24.3 Å². The molecule has 2 aromatic rings. The molecule has 0 N–H and O–H groups in total. The second-order valence-electron chi connectivity index (χ2n) is 5.74. The molecule has 0 saturated carbocycles. The molecule has 0 spiro atoms. The number of esters is 1. The zero-order valence-electron chi connectivity index (χ0n) is 14.3.